The molecule has 0 aliphatic rings. The van der Waals surface area contributed by atoms with Gasteiger partial charge in [-0.3, -0.25) is 0 Å². The Bertz CT molecular complexity index is 1000. The molecule has 2 atom stereocenters. The average Bonchev–Trinajstić information content (AvgIpc) is 2.82. The van der Waals surface area contributed by atoms with Gasteiger partial charge in [0.25, 0.3) is 0 Å². The highest BCUT2D eigenvalue weighted by Crippen LogP contribution is 2.26. The molecule has 0 saturated heterocycles. The predicted molar refractivity (Wildman–Crippen MR) is 135 cm³/mol. The summed E-state index contributed by atoms with van der Waals surface area (Å²) in [5, 5.41) is 8.98. The van der Waals surface area contributed by atoms with E-state index in [-0.39, 0.29) is 5.92 Å². The highest BCUT2D eigenvalue weighted by atomic mass is 19.1. The SMILES string of the molecule is CCCc1ccc(C=NN=C(c2ccccc2)c2ccc(C(CC)CC(C)F)cc2)cc1. The van der Waals surface area contributed by atoms with Gasteiger partial charge in [0, 0.05) is 11.1 Å². The number of aryl methyl sites for hydroxylation is 1. The van der Waals surface area contributed by atoms with Crippen LogP contribution in [0.25, 0.3) is 0 Å². The number of hydrogen-bond acceptors (Lipinski definition) is 2. The van der Waals surface area contributed by atoms with Gasteiger partial charge < -0.3 is 0 Å². The Kier molecular flexibility index (Phi) is 8.91. The minimum Gasteiger partial charge on any atom is -0.248 e. The topological polar surface area (TPSA) is 24.7 Å². The molecular formula is C29H33FN2. The van der Waals surface area contributed by atoms with E-state index in [2.05, 4.69) is 72.6 Å². The van der Waals surface area contributed by atoms with E-state index in [1.807, 2.05) is 30.3 Å². The maximum absolute atomic E-state index is 13.6. The summed E-state index contributed by atoms with van der Waals surface area (Å²) in [6, 6.07) is 26.9. The van der Waals surface area contributed by atoms with Crippen molar-refractivity contribution in [3.8, 4) is 0 Å². The van der Waals surface area contributed by atoms with Crippen LogP contribution < -0.4 is 0 Å². The van der Waals surface area contributed by atoms with Gasteiger partial charge in [0.1, 0.15) is 5.71 Å². The van der Waals surface area contributed by atoms with Crippen LogP contribution in [0.5, 0.6) is 0 Å². The molecule has 0 aromatic heterocycles. The van der Waals surface area contributed by atoms with Crippen LogP contribution in [0.2, 0.25) is 0 Å². The van der Waals surface area contributed by atoms with E-state index in [4.69, 9.17) is 0 Å². The minimum atomic E-state index is -0.800. The first-order valence-electron chi connectivity index (χ1n) is 11.6. The molecule has 166 valence electrons. The molecule has 3 aromatic rings. The zero-order valence-corrected chi connectivity index (χ0v) is 19.3. The fraction of sp³-hybridized carbons (Fsp3) is 0.310. The summed E-state index contributed by atoms with van der Waals surface area (Å²) in [5.41, 5.74) is 6.37. The molecule has 0 heterocycles. The van der Waals surface area contributed by atoms with E-state index in [0.29, 0.717) is 6.42 Å². The number of rotatable bonds is 10. The van der Waals surface area contributed by atoms with Crippen LogP contribution >= 0.6 is 0 Å². The lowest BCUT2D eigenvalue weighted by Gasteiger charge is -2.16. The Morgan fingerprint density at radius 1 is 0.875 bits per heavy atom. The monoisotopic (exact) mass is 428 g/mol. The van der Waals surface area contributed by atoms with Crippen LogP contribution in [0.4, 0.5) is 4.39 Å². The van der Waals surface area contributed by atoms with Gasteiger partial charge in [-0.2, -0.15) is 5.10 Å². The van der Waals surface area contributed by atoms with Crippen LogP contribution in [0.15, 0.2) is 89.1 Å². The molecule has 3 aromatic carbocycles. The molecule has 0 N–H and O–H groups in total. The Balaban J connectivity index is 1.86. The number of nitrogens with zero attached hydrogens (tertiary/aromatic N) is 2. The molecule has 2 nitrogen and oxygen atoms in total. The van der Waals surface area contributed by atoms with Crippen LogP contribution in [-0.4, -0.2) is 18.1 Å². The first-order chi connectivity index (χ1) is 15.6. The standard InChI is InChI=1S/C29H33FN2/c1-4-9-23-12-14-24(15-13-23)21-31-32-29(27-10-7-6-8-11-27)28-18-16-26(17-19-28)25(5-2)20-22(3)30/h6-8,10-19,21-22,25H,4-5,9,20H2,1-3H3. The van der Waals surface area contributed by atoms with E-state index < -0.39 is 6.17 Å². The smallest absolute Gasteiger partial charge is 0.100 e. The van der Waals surface area contributed by atoms with Crippen molar-refractivity contribution in [2.24, 2.45) is 10.2 Å². The molecule has 0 radical (unpaired) electrons. The molecule has 3 rings (SSSR count). The summed E-state index contributed by atoms with van der Waals surface area (Å²) < 4.78 is 13.6. The fourth-order valence-corrected chi connectivity index (χ4v) is 3.93. The highest BCUT2D eigenvalue weighted by Gasteiger charge is 2.14. The lowest BCUT2D eigenvalue weighted by molar-refractivity contribution is 0.316. The van der Waals surface area contributed by atoms with Crippen molar-refractivity contribution in [3.05, 3.63) is 107 Å². The van der Waals surface area contributed by atoms with E-state index in [1.54, 1.807) is 13.1 Å². The van der Waals surface area contributed by atoms with Crippen molar-refractivity contribution in [1.29, 1.82) is 0 Å². The van der Waals surface area contributed by atoms with Crippen LogP contribution in [0, 0.1) is 0 Å². The number of benzene rings is 3. The zero-order valence-electron chi connectivity index (χ0n) is 19.3. The second kappa shape index (κ2) is 12.1. The summed E-state index contributed by atoms with van der Waals surface area (Å²) >= 11 is 0. The largest absolute Gasteiger partial charge is 0.248 e. The lowest BCUT2D eigenvalue weighted by atomic mass is 9.90. The van der Waals surface area contributed by atoms with E-state index >= 15 is 0 Å². The van der Waals surface area contributed by atoms with Gasteiger partial charge in [-0.15, -0.1) is 5.10 Å². The molecule has 0 amide bonds. The van der Waals surface area contributed by atoms with Gasteiger partial charge in [0.15, 0.2) is 0 Å². The Morgan fingerprint density at radius 3 is 2.12 bits per heavy atom. The van der Waals surface area contributed by atoms with E-state index in [9.17, 15) is 4.39 Å². The predicted octanol–water partition coefficient (Wildman–Crippen LogP) is 7.75. The number of halogens is 1. The Morgan fingerprint density at radius 2 is 1.53 bits per heavy atom. The Hall–Kier alpha value is -3.07. The molecule has 0 saturated carbocycles. The summed E-state index contributed by atoms with van der Waals surface area (Å²) in [6.45, 7) is 5.93. The fourth-order valence-electron chi connectivity index (χ4n) is 3.93. The van der Waals surface area contributed by atoms with Crippen LogP contribution in [0.1, 0.15) is 73.8 Å². The third-order valence-electron chi connectivity index (χ3n) is 5.69. The van der Waals surface area contributed by atoms with Gasteiger partial charge in [-0.1, -0.05) is 99.1 Å². The van der Waals surface area contributed by atoms with E-state index in [1.165, 1.54) is 11.1 Å². The van der Waals surface area contributed by atoms with Crippen molar-refractivity contribution < 1.29 is 4.39 Å². The minimum absolute atomic E-state index is 0.231. The van der Waals surface area contributed by atoms with Crippen LogP contribution in [-0.2, 0) is 6.42 Å². The maximum Gasteiger partial charge on any atom is 0.100 e. The summed E-state index contributed by atoms with van der Waals surface area (Å²) in [7, 11) is 0. The summed E-state index contributed by atoms with van der Waals surface area (Å²) in [6.07, 6.45) is 4.70. The van der Waals surface area contributed by atoms with Crippen LogP contribution in [0.3, 0.4) is 0 Å². The van der Waals surface area contributed by atoms with Gasteiger partial charge >= 0.3 is 0 Å². The highest BCUT2D eigenvalue weighted by molar-refractivity contribution is 6.13. The van der Waals surface area contributed by atoms with Crippen molar-refractivity contribution in [3.63, 3.8) is 0 Å². The Labute approximate surface area is 191 Å². The first-order valence-corrected chi connectivity index (χ1v) is 11.6. The summed E-state index contributed by atoms with van der Waals surface area (Å²) in [4.78, 5) is 0. The van der Waals surface area contributed by atoms with Gasteiger partial charge in [0.05, 0.1) is 12.4 Å². The van der Waals surface area contributed by atoms with E-state index in [0.717, 1.165) is 41.7 Å². The first kappa shape index (κ1) is 23.6. The second-order valence-corrected chi connectivity index (χ2v) is 8.29. The molecule has 0 aliphatic heterocycles. The number of alkyl halides is 1. The molecule has 0 spiro atoms. The zero-order chi connectivity index (χ0) is 22.8. The molecule has 32 heavy (non-hydrogen) atoms. The molecule has 2 unspecified atom stereocenters. The lowest BCUT2D eigenvalue weighted by Crippen LogP contribution is -2.06. The maximum atomic E-state index is 13.6. The molecule has 3 heteroatoms. The summed E-state index contributed by atoms with van der Waals surface area (Å²) in [5.74, 6) is 0.231. The van der Waals surface area contributed by atoms with Gasteiger partial charge in [0.2, 0.25) is 0 Å². The van der Waals surface area contributed by atoms with Crippen molar-refractivity contribution in [2.75, 3.05) is 0 Å². The normalized spacial score (nSPS) is 13.9. The third-order valence-corrected chi connectivity index (χ3v) is 5.69. The van der Waals surface area contributed by atoms with Crippen molar-refractivity contribution in [1.82, 2.24) is 0 Å². The molecule has 0 bridgehead atoms. The second-order valence-electron chi connectivity index (χ2n) is 8.29. The van der Waals surface area contributed by atoms with Gasteiger partial charge in [-0.25, -0.2) is 4.39 Å². The third kappa shape index (κ3) is 6.71. The molecular weight excluding hydrogens is 395 g/mol. The molecule has 0 fully saturated rings. The van der Waals surface area contributed by atoms with Crippen molar-refractivity contribution >= 4 is 11.9 Å². The van der Waals surface area contributed by atoms with Crippen molar-refractivity contribution in [2.45, 2.75) is 58.5 Å². The molecule has 0 aliphatic carbocycles. The van der Waals surface area contributed by atoms with Gasteiger partial charge in [-0.05, 0) is 48.8 Å². The average molecular weight is 429 g/mol. The number of hydrogen-bond donors (Lipinski definition) is 0. The quantitative estimate of drug-likeness (QED) is 0.233.